The fraction of sp³-hybridized carbons (Fsp3) is 0.455. The Morgan fingerprint density at radius 1 is 1.50 bits per heavy atom. The Hall–Kier alpha value is -0.540. The molecule has 2 nitrogen and oxygen atoms in total. The van der Waals surface area contributed by atoms with E-state index in [4.69, 9.17) is 4.74 Å². The highest BCUT2D eigenvalue weighted by Gasteiger charge is 2.31. The number of aliphatic hydroxyl groups excluding tert-OH is 1. The van der Waals surface area contributed by atoms with Crippen LogP contribution in [0.1, 0.15) is 24.2 Å². The first-order valence-electron chi connectivity index (χ1n) is 4.68. The van der Waals surface area contributed by atoms with Gasteiger partial charge in [-0.05, 0) is 24.5 Å². The molecule has 0 aromatic heterocycles. The third-order valence-corrected chi connectivity index (χ3v) is 3.53. The fourth-order valence-electron chi connectivity index (χ4n) is 2.06. The standard InChI is InChI=1S/C11H13BrO2/c1-6-5-7-9(14-2)4-3-8(12)10(7)11(6)13/h3-4,6,11,13H,5H2,1-2H3. The van der Waals surface area contributed by atoms with E-state index in [2.05, 4.69) is 22.9 Å². The molecule has 0 saturated heterocycles. The molecule has 0 amide bonds. The SMILES string of the molecule is COc1ccc(Br)c2c1CC(C)C2O. The average Bonchev–Trinajstić information content (AvgIpc) is 2.45. The van der Waals surface area contributed by atoms with Crippen LogP contribution in [-0.4, -0.2) is 12.2 Å². The lowest BCUT2D eigenvalue weighted by molar-refractivity contribution is 0.132. The van der Waals surface area contributed by atoms with Crippen LogP contribution >= 0.6 is 15.9 Å². The smallest absolute Gasteiger partial charge is 0.122 e. The molecule has 1 aliphatic rings. The van der Waals surface area contributed by atoms with Crippen LogP contribution in [0.5, 0.6) is 5.75 Å². The summed E-state index contributed by atoms with van der Waals surface area (Å²) < 4.78 is 6.25. The van der Waals surface area contributed by atoms with Crippen molar-refractivity contribution in [2.24, 2.45) is 5.92 Å². The van der Waals surface area contributed by atoms with Crippen LogP contribution in [-0.2, 0) is 6.42 Å². The molecular formula is C11H13BrO2. The molecule has 0 spiro atoms. The third-order valence-electron chi connectivity index (χ3n) is 2.84. The van der Waals surface area contributed by atoms with Crippen molar-refractivity contribution >= 4 is 15.9 Å². The molecule has 1 N–H and O–H groups in total. The van der Waals surface area contributed by atoms with Gasteiger partial charge in [0.15, 0.2) is 0 Å². The third kappa shape index (κ3) is 1.35. The summed E-state index contributed by atoms with van der Waals surface area (Å²) in [4.78, 5) is 0. The van der Waals surface area contributed by atoms with Gasteiger partial charge in [0.1, 0.15) is 5.75 Å². The Bertz CT molecular complexity index is 363. The number of rotatable bonds is 1. The molecule has 0 radical (unpaired) electrons. The van der Waals surface area contributed by atoms with Gasteiger partial charge in [0, 0.05) is 15.6 Å². The fourth-order valence-corrected chi connectivity index (χ4v) is 2.66. The second-order valence-corrected chi connectivity index (χ2v) is 4.62. The number of fused-ring (bicyclic) bond motifs is 1. The summed E-state index contributed by atoms with van der Waals surface area (Å²) >= 11 is 3.46. The van der Waals surface area contributed by atoms with Gasteiger partial charge in [-0.15, -0.1) is 0 Å². The van der Waals surface area contributed by atoms with Gasteiger partial charge in [-0.25, -0.2) is 0 Å². The lowest BCUT2D eigenvalue weighted by Crippen LogP contribution is -2.01. The summed E-state index contributed by atoms with van der Waals surface area (Å²) in [6, 6.07) is 3.87. The van der Waals surface area contributed by atoms with Gasteiger partial charge in [-0.3, -0.25) is 0 Å². The topological polar surface area (TPSA) is 29.5 Å². The van der Waals surface area contributed by atoms with Crippen LogP contribution in [0.4, 0.5) is 0 Å². The van der Waals surface area contributed by atoms with Gasteiger partial charge in [0.25, 0.3) is 0 Å². The molecule has 1 aromatic rings. The zero-order valence-electron chi connectivity index (χ0n) is 8.25. The number of benzene rings is 1. The maximum absolute atomic E-state index is 9.97. The molecule has 2 atom stereocenters. The Balaban J connectivity index is 2.58. The van der Waals surface area contributed by atoms with E-state index in [1.165, 1.54) is 0 Å². The molecule has 2 unspecified atom stereocenters. The Labute approximate surface area is 92.0 Å². The summed E-state index contributed by atoms with van der Waals surface area (Å²) in [5.41, 5.74) is 2.14. The number of aliphatic hydroxyl groups is 1. The van der Waals surface area contributed by atoms with Gasteiger partial charge < -0.3 is 9.84 Å². The summed E-state index contributed by atoms with van der Waals surface area (Å²) in [5.74, 6) is 1.16. The second-order valence-electron chi connectivity index (χ2n) is 3.77. The van der Waals surface area contributed by atoms with E-state index in [0.29, 0.717) is 0 Å². The lowest BCUT2D eigenvalue weighted by atomic mass is 10.1. The van der Waals surface area contributed by atoms with Crippen LogP contribution in [0, 0.1) is 5.92 Å². The van der Waals surface area contributed by atoms with Gasteiger partial charge in [-0.2, -0.15) is 0 Å². The molecule has 0 aliphatic heterocycles. The van der Waals surface area contributed by atoms with Crippen LogP contribution < -0.4 is 4.74 Å². The molecule has 0 bridgehead atoms. The Kier molecular flexibility index (Phi) is 2.54. The maximum Gasteiger partial charge on any atom is 0.122 e. The second kappa shape index (κ2) is 3.55. The van der Waals surface area contributed by atoms with Crippen LogP contribution in [0.15, 0.2) is 16.6 Å². The van der Waals surface area contributed by atoms with E-state index < -0.39 is 0 Å². The van der Waals surface area contributed by atoms with Crippen molar-refractivity contribution in [2.45, 2.75) is 19.4 Å². The molecule has 3 heteroatoms. The van der Waals surface area contributed by atoms with Crippen LogP contribution in [0.25, 0.3) is 0 Å². The minimum absolute atomic E-state index is 0.276. The van der Waals surface area contributed by atoms with E-state index in [-0.39, 0.29) is 12.0 Å². The van der Waals surface area contributed by atoms with Crippen molar-refractivity contribution in [2.75, 3.05) is 7.11 Å². The van der Waals surface area contributed by atoms with Gasteiger partial charge in [0.05, 0.1) is 13.2 Å². The van der Waals surface area contributed by atoms with Crippen molar-refractivity contribution in [3.05, 3.63) is 27.7 Å². The van der Waals surface area contributed by atoms with E-state index in [1.54, 1.807) is 7.11 Å². The zero-order chi connectivity index (χ0) is 10.3. The molecule has 14 heavy (non-hydrogen) atoms. The van der Waals surface area contributed by atoms with Crippen molar-refractivity contribution in [1.29, 1.82) is 0 Å². The number of hydrogen-bond acceptors (Lipinski definition) is 2. The highest BCUT2D eigenvalue weighted by molar-refractivity contribution is 9.10. The summed E-state index contributed by atoms with van der Waals surface area (Å²) in [6.45, 7) is 2.05. The van der Waals surface area contributed by atoms with Gasteiger partial charge in [0.2, 0.25) is 0 Å². The van der Waals surface area contributed by atoms with E-state index in [9.17, 15) is 5.11 Å². The predicted molar refractivity (Wildman–Crippen MR) is 58.5 cm³/mol. The largest absolute Gasteiger partial charge is 0.496 e. The minimum Gasteiger partial charge on any atom is -0.496 e. The van der Waals surface area contributed by atoms with Crippen molar-refractivity contribution < 1.29 is 9.84 Å². The van der Waals surface area contributed by atoms with Crippen molar-refractivity contribution in [1.82, 2.24) is 0 Å². The quantitative estimate of drug-likeness (QED) is 0.838. The molecule has 2 rings (SSSR count). The molecule has 0 fully saturated rings. The summed E-state index contributed by atoms with van der Waals surface area (Å²) in [5, 5.41) is 9.97. The highest BCUT2D eigenvalue weighted by Crippen LogP contribution is 2.44. The van der Waals surface area contributed by atoms with Crippen LogP contribution in [0.2, 0.25) is 0 Å². The average molecular weight is 257 g/mol. The summed E-state index contributed by atoms with van der Waals surface area (Å²) in [7, 11) is 1.67. The first-order chi connectivity index (χ1) is 6.65. The lowest BCUT2D eigenvalue weighted by Gasteiger charge is -2.11. The first-order valence-corrected chi connectivity index (χ1v) is 5.47. The molecule has 1 aromatic carbocycles. The van der Waals surface area contributed by atoms with Gasteiger partial charge in [-0.1, -0.05) is 22.9 Å². The molecular weight excluding hydrogens is 244 g/mol. The van der Waals surface area contributed by atoms with E-state index in [0.717, 1.165) is 27.8 Å². The maximum atomic E-state index is 9.97. The van der Waals surface area contributed by atoms with Gasteiger partial charge >= 0.3 is 0 Å². The molecule has 76 valence electrons. The Morgan fingerprint density at radius 2 is 2.21 bits per heavy atom. The summed E-state index contributed by atoms with van der Waals surface area (Å²) in [6.07, 6.45) is 0.522. The number of methoxy groups -OCH3 is 1. The van der Waals surface area contributed by atoms with Crippen molar-refractivity contribution in [3.8, 4) is 5.75 Å². The highest BCUT2D eigenvalue weighted by atomic mass is 79.9. The monoisotopic (exact) mass is 256 g/mol. The van der Waals surface area contributed by atoms with Crippen LogP contribution in [0.3, 0.4) is 0 Å². The zero-order valence-corrected chi connectivity index (χ0v) is 9.84. The predicted octanol–water partition coefficient (Wildman–Crippen LogP) is 2.68. The van der Waals surface area contributed by atoms with Crippen molar-refractivity contribution in [3.63, 3.8) is 0 Å². The number of hydrogen-bond donors (Lipinski definition) is 1. The van der Waals surface area contributed by atoms with E-state index in [1.807, 2.05) is 12.1 Å². The van der Waals surface area contributed by atoms with E-state index >= 15 is 0 Å². The normalized spacial score (nSPS) is 24.9. The molecule has 1 aliphatic carbocycles. The molecule has 0 heterocycles. The number of halogens is 1. The minimum atomic E-state index is -0.366. The molecule has 0 saturated carbocycles. The Morgan fingerprint density at radius 3 is 2.86 bits per heavy atom. The first kappa shape index (κ1) is 9.99. The number of ether oxygens (including phenoxy) is 1.